The van der Waals surface area contributed by atoms with E-state index in [1.165, 1.54) is 0 Å². The largest absolute Gasteiger partial charge is 0.481 e. The lowest BCUT2D eigenvalue weighted by molar-refractivity contribution is -0.143. The Labute approximate surface area is 199 Å². The van der Waals surface area contributed by atoms with Gasteiger partial charge in [-0.05, 0) is 47.9 Å². The second-order valence-corrected chi connectivity index (χ2v) is 9.22. The Bertz CT molecular complexity index is 1010. The number of carboxylic acids is 1. The van der Waals surface area contributed by atoms with Crippen LogP contribution in [0.1, 0.15) is 62.5 Å². The molecule has 7 heteroatoms. The second-order valence-electron chi connectivity index (χ2n) is 9.22. The number of carboxylic acid groups (broad SMARTS) is 1. The molecule has 3 N–H and O–H groups in total. The van der Waals surface area contributed by atoms with E-state index < -0.39 is 24.0 Å². The van der Waals surface area contributed by atoms with Crippen LogP contribution in [0.5, 0.6) is 0 Å². The first kappa shape index (κ1) is 23.8. The van der Waals surface area contributed by atoms with E-state index in [-0.39, 0.29) is 24.5 Å². The molecule has 2 aliphatic carbocycles. The van der Waals surface area contributed by atoms with Gasteiger partial charge in [-0.25, -0.2) is 4.79 Å². The van der Waals surface area contributed by atoms with Crippen LogP contribution in [-0.4, -0.2) is 41.8 Å². The summed E-state index contributed by atoms with van der Waals surface area (Å²) in [6.45, 7) is 2.13. The van der Waals surface area contributed by atoms with E-state index in [0.717, 1.165) is 35.1 Å². The summed E-state index contributed by atoms with van der Waals surface area (Å²) in [6.07, 6.45) is 3.14. The number of carbonyl (C=O) groups is 3. The molecule has 1 fully saturated rings. The van der Waals surface area contributed by atoms with Gasteiger partial charge in [-0.1, -0.05) is 68.3 Å². The van der Waals surface area contributed by atoms with Crippen molar-refractivity contribution in [2.75, 3.05) is 6.61 Å². The maximum absolute atomic E-state index is 12.9. The van der Waals surface area contributed by atoms with E-state index in [9.17, 15) is 19.5 Å². The van der Waals surface area contributed by atoms with Gasteiger partial charge in [0.2, 0.25) is 5.91 Å². The standard InChI is InChI=1S/C27H32N2O5/c1-2-8-24(25(30)28-18-10-7-9-17(15-18)26(31)32)29-27(33)34-16-23-21-13-5-3-11-19(21)20-12-4-6-14-22(20)23/h3-6,11-14,17-18,23-24H,2,7-10,15-16H2,1H3,(H,28,30)(H,29,33)(H,31,32)/t17?,18?,24-/m0/s1. The molecule has 0 radical (unpaired) electrons. The average Bonchev–Trinajstić information content (AvgIpc) is 3.16. The van der Waals surface area contributed by atoms with Crippen LogP contribution in [0.2, 0.25) is 0 Å². The summed E-state index contributed by atoms with van der Waals surface area (Å²) in [4.78, 5) is 36.8. The highest BCUT2D eigenvalue weighted by molar-refractivity contribution is 5.86. The number of hydrogen-bond acceptors (Lipinski definition) is 4. The number of fused-ring (bicyclic) bond motifs is 3. The van der Waals surface area contributed by atoms with E-state index in [2.05, 4.69) is 34.9 Å². The number of amides is 2. The maximum Gasteiger partial charge on any atom is 0.407 e. The van der Waals surface area contributed by atoms with E-state index in [1.54, 1.807) is 0 Å². The smallest absolute Gasteiger partial charge is 0.407 e. The molecule has 0 aromatic heterocycles. The van der Waals surface area contributed by atoms with Crippen molar-refractivity contribution >= 4 is 18.0 Å². The number of ether oxygens (including phenoxy) is 1. The molecule has 2 aromatic rings. The van der Waals surface area contributed by atoms with Gasteiger partial charge in [0.1, 0.15) is 12.6 Å². The second kappa shape index (κ2) is 10.7. The summed E-state index contributed by atoms with van der Waals surface area (Å²) in [7, 11) is 0. The summed E-state index contributed by atoms with van der Waals surface area (Å²) in [5.74, 6) is -1.59. The van der Waals surface area contributed by atoms with Gasteiger partial charge in [-0.2, -0.15) is 0 Å². The maximum atomic E-state index is 12.9. The van der Waals surface area contributed by atoms with E-state index in [1.807, 2.05) is 31.2 Å². The number of rotatable bonds is 8. The average molecular weight is 465 g/mol. The Morgan fingerprint density at radius 1 is 1.03 bits per heavy atom. The van der Waals surface area contributed by atoms with Crippen molar-refractivity contribution in [1.29, 1.82) is 0 Å². The zero-order valence-corrected chi connectivity index (χ0v) is 19.5. The van der Waals surface area contributed by atoms with Crippen molar-refractivity contribution < 1.29 is 24.2 Å². The van der Waals surface area contributed by atoms with E-state index in [0.29, 0.717) is 25.7 Å². The Kier molecular flexibility index (Phi) is 7.50. The molecule has 0 saturated heterocycles. The van der Waals surface area contributed by atoms with Crippen LogP contribution >= 0.6 is 0 Å². The lowest BCUT2D eigenvalue weighted by Crippen LogP contribution is -2.51. The predicted octanol–water partition coefficient (Wildman–Crippen LogP) is 4.45. The van der Waals surface area contributed by atoms with Gasteiger partial charge >= 0.3 is 12.1 Å². The molecule has 4 rings (SSSR count). The molecular formula is C27H32N2O5. The molecule has 0 heterocycles. The summed E-state index contributed by atoms with van der Waals surface area (Å²) in [5.41, 5.74) is 4.57. The monoisotopic (exact) mass is 464 g/mol. The van der Waals surface area contributed by atoms with Crippen molar-refractivity contribution in [3.05, 3.63) is 59.7 Å². The lowest BCUT2D eigenvalue weighted by atomic mass is 9.85. The molecular weight excluding hydrogens is 432 g/mol. The summed E-state index contributed by atoms with van der Waals surface area (Å²) < 4.78 is 5.60. The molecule has 3 atom stereocenters. The van der Waals surface area contributed by atoms with Crippen molar-refractivity contribution in [2.24, 2.45) is 5.92 Å². The molecule has 2 aliphatic rings. The minimum Gasteiger partial charge on any atom is -0.481 e. The third-order valence-corrected chi connectivity index (χ3v) is 6.90. The fourth-order valence-electron chi connectivity index (χ4n) is 5.19. The summed E-state index contributed by atoms with van der Waals surface area (Å²) >= 11 is 0. The molecule has 0 spiro atoms. The van der Waals surface area contributed by atoms with Crippen molar-refractivity contribution in [3.8, 4) is 11.1 Å². The molecule has 7 nitrogen and oxygen atoms in total. The number of carbonyl (C=O) groups excluding carboxylic acids is 2. The molecule has 2 aromatic carbocycles. The Morgan fingerprint density at radius 3 is 2.29 bits per heavy atom. The zero-order valence-electron chi connectivity index (χ0n) is 19.5. The molecule has 34 heavy (non-hydrogen) atoms. The van der Waals surface area contributed by atoms with Gasteiger partial charge in [0.25, 0.3) is 0 Å². The first-order chi connectivity index (χ1) is 16.5. The summed E-state index contributed by atoms with van der Waals surface area (Å²) in [5, 5.41) is 15.0. The molecule has 2 amide bonds. The number of alkyl carbamates (subject to hydrolysis) is 1. The topological polar surface area (TPSA) is 105 Å². The number of nitrogens with one attached hydrogen (secondary N) is 2. The van der Waals surface area contributed by atoms with Crippen LogP contribution in [0.15, 0.2) is 48.5 Å². The van der Waals surface area contributed by atoms with Crippen LogP contribution in [0.4, 0.5) is 4.79 Å². The van der Waals surface area contributed by atoms with Gasteiger partial charge < -0.3 is 20.5 Å². The van der Waals surface area contributed by atoms with Gasteiger partial charge in [-0.15, -0.1) is 0 Å². The van der Waals surface area contributed by atoms with Gasteiger partial charge in [0, 0.05) is 12.0 Å². The minimum absolute atomic E-state index is 0.0493. The third-order valence-electron chi connectivity index (χ3n) is 6.90. The van der Waals surface area contributed by atoms with Crippen molar-refractivity contribution in [2.45, 2.75) is 63.5 Å². The highest BCUT2D eigenvalue weighted by Gasteiger charge is 2.31. The molecule has 0 bridgehead atoms. The first-order valence-electron chi connectivity index (χ1n) is 12.1. The number of aliphatic carboxylic acids is 1. The fourth-order valence-corrected chi connectivity index (χ4v) is 5.19. The third kappa shape index (κ3) is 5.24. The van der Waals surface area contributed by atoms with Crippen LogP contribution in [0.25, 0.3) is 11.1 Å². The molecule has 180 valence electrons. The number of hydrogen-bond donors (Lipinski definition) is 3. The van der Waals surface area contributed by atoms with Crippen LogP contribution in [-0.2, 0) is 14.3 Å². The molecule has 2 unspecified atom stereocenters. The normalized spacial score (nSPS) is 20.0. The molecule has 0 aliphatic heterocycles. The highest BCUT2D eigenvalue weighted by atomic mass is 16.5. The lowest BCUT2D eigenvalue weighted by Gasteiger charge is -2.29. The minimum atomic E-state index is -0.819. The van der Waals surface area contributed by atoms with Gasteiger partial charge in [0.05, 0.1) is 5.92 Å². The Hall–Kier alpha value is -3.35. The quantitative estimate of drug-likeness (QED) is 0.535. The zero-order chi connectivity index (χ0) is 24.1. The SMILES string of the molecule is CCC[C@H](NC(=O)OCC1c2ccccc2-c2ccccc21)C(=O)NC1CCCC(C(=O)O)C1. The van der Waals surface area contributed by atoms with E-state index in [4.69, 9.17) is 4.74 Å². The van der Waals surface area contributed by atoms with Gasteiger partial charge in [0.15, 0.2) is 0 Å². The Morgan fingerprint density at radius 2 is 1.68 bits per heavy atom. The van der Waals surface area contributed by atoms with Crippen molar-refractivity contribution in [3.63, 3.8) is 0 Å². The summed E-state index contributed by atoms with van der Waals surface area (Å²) in [6, 6.07) is 15.4. The predicted molar refractivity (Wildman–Crippen MR) is 128 cm³/mol. The van der Waals surface area contributed by atoms with Crippen molar-refractivity contribution in [1.82, 2.24) is 10.6 Å². The fraction of sp³-hybridized carbons (Fsp3) is 0.444. The van der Waals surface area contributed by atoms with Crippen LogP contribution in [0.3, 0.4) is 0 Å². The van der Waals surface area contributed by atoms with Crippen LogP contribution in [0, 0.1) is 5.92 Å². The first-order valence-corrected chi connectivity index (χ1v) is 12.1. The van der Waals surface area contributed by atoms with Gasteiger partial charge in [-0.3, -0.25) is 9.59 Å². The number of benzene rings is 2. The highest BCUT2D eigenvalue weighted by Crippen LogP contribution is 2.44. The van der Waals surface area contributed by atoms with Crippen LogP contribution < -0.4 is 10.6 Å². The Balaban J connectivity index is 1.35. The molecule has 1 saturated carbocycles. The van der Waals surface area contributed by atoms with E-state index >= 15 is 0 Å².